The van der Waals surface area contributed by atoms with Crippen LogP contribution in [-0.4, -0.2) is 18.9 Å². The lowest BCUT2D eigenvalue weighted by molar-refractivity contribution is -0.677. The number of nitrogens with one attached hydrogen (secondary N) is 1. The first-order valence-electron chi connectivity index (χ1n) is 7.75. The third-order valence-corrected chi connectivity index (χ3v) is 3.75. The van der Waals surface area contributed by atoms with Crippen LogP contribution in [0.15, 0.2) is 59.1 Å². The quantitative estimate of drug-likeness (QED) is 0.524. The Hall–Kier alpha value is -2.86. The summed E-state index contributed by atoms with van der Waals surface area (Å²) in [6, 6.07) is 17.3. The zero-order valence-electron chi connectivity index (χ0n) is 13.4. The van der Waals surface area contributed by atoms with Crippen LogP contribution in [0.4, 0.5) is 0 Å². The average Bonchev–Trinajstić information content (AvgIpc) is 3.00. The number of hydrogen-bond donors (Lipinski definition) is 1. The third kappa shape index (κ3) is 3.55. The average molecular weight is 325 g/mol. The molecule has 0 saturated heterocycles. The molecular formula is C18H19N3O3. The van der Waals surface area contributed by atoms with Gasteiger partial charge in [0, 0.05) is 12.1 Å². The van der Waals surface area contributed by atoms with E-state index in [1.165, 1.54) is 4.68 Å². The van der Waals surface area contributed by atoms with Gasteiger partial charge < -0.3 is 19.7 Å². The molecule has 0 saturated carbocycles. The lowest BCUT2D eigenvalue weighted by Gasteiger charge is -2.08. The molecule has 0 aliphatic carbocycles. The van der Waals surface area contributed by atoms with Crippen LogP contribution in [0.25, 0.3) is 5.69 Å². The summed E-state index contributed by atoms with van der Waals surface area (Å²) in [6.45, 7) is 1.09. The summed E-state index contributed by atoms with van der Waals surface area (Å²) >= 11 is 0. The summed E-state index contributed by atoms with van der Waals surface area (Å²) in [5.41, 5.74) is 2.39. The van der Waals surface area contributed by atoms with Crippen LogP contribution in [0, 0.1) is 0 Å². The highest BCUT2D eigenvalue weighted by atomic mass is 16.6. The first kappa shape index (κ1) is 16.0. The molecule has 0 atom stereocenters. The number of methoxy groups -OCH3 is 1. The molecule has 1 N–H and O–H groups in total. The van der Waals surface area contributed by atoms with E-state index in [2.05, 4.69) is 10.6 Å². The summed E-state index contributed by atoms with van der Waals surface area (Å²) in [5, 5.41) is 18.9. The molecule has 0 spiro atoms. The topological polar surface area (TPSA) is 74.2 Å². The number of benzene rings is 2. The van der Waals surface area contributed by atoms with Crippen LogP contribution in [0.1, 0.15) is 11.3 Å². The van der Waals surface area contributed by atoms with Crippen LogP contribution >= 0.6 is 0 Å². The van der Waals surface area contributed by atoms with Crippen LogP contribution in [0.2, 0.25) is 0 Å². The van der Waals surface area contributed by atoms with E-state index in [-0.39, 0.29) is 0 Å². The molecule has 0 aliphatic rings. The second kappa shape index (κ2) is 7.61. The molecule has 24 heavy (non-hydrogen) atoms. The van der Waals surface area contributed by atoms with Gasteiger partial charge in [-0.3, -0.25) is 0 Å². The van der Waals surface area contributed by atoms with Gasteiger partial charge in [0.25, 0.3) is 5.69 Å². The number of hydrogen-bond acceptors (Lipinski definition) is 5. The van der Waals surface area contributed by atoms with Gasteiger partial charge in [-0.1, -0.05) is 36.4 Å². The first-order valence-corrected chi connectivity index (χ1v) is 7.75. The molecule has 1 heterocycles. The SMILES string of the molecule is COc1ccccc1CCNCc1c([O-])on[n+]1-c1ccccc1. The maximum atomic E-state index is 11.9. The highest BCUT2D eigenvalue weighted by Crippen LogP contribution is 2.17. The fourth-order valence-electron chi connectivity index (χ4n) is 2.52. The van der Waals surface area contributed by atoms with Crippen molar-refractivity contribution in [2.24, 2.45) is 0 Å². The Morgan fingerprint density at radius 2 is 1.88 bits per heavy atom. The van der Waals surface area contributed by atoms with Crippen molar-refractivity contribution in [1.82, 2.24) is 10.6 Å². The molecule has 1 aromatic heterocycles. The number of para-hydroxylation sites is 2. The van der Waals surface area contributed by atoms with Gasteiger partial charge >= 0.3 is 0 Å². The van der Waals surface area contributed by atoms with Gasteiger partial charge in [-0.05, 0) is 29.3 Å². The normalized spacial score (nSPS) is 10.7. The first-order chi connectivity index (χ1) is 11.8. The second-order valence-corrected chi connectivity index (χ2v) is 5.29. The van der Waals surface area contributed by atoms with E-state index in [4.69, 9.17) is 9.26 Å². The van der Waals surface area contributed by atoms with Gasteiger partial charge in [0.1, 0.15) is 5.75 Å². The molecule has 6 heteroatoms. The number of aromatic nitrogens is 2. The van der Waals surface area contributed by atoms with Crippen LogP contribution in [-0.2, 0) is 13.0 Å². The van der Waals surface area contributed by atoms with Gasteiger partial charge in [-0.25, -0.2) is 0 Å². The van der Waals surface area contributed by atoms with Crippen LogP contribution in [0.5, 0.6) is 11.7 Å². The summed E-state index contributed by atoms with van der Waals surface area (Å²) < 4.78 is 11.7. The minimum Gasteiger partial charge on any atom is -0.539 e. The third-order valence-electron chi connectivity index (χ3n) is 3.75. The molecule has 0 aliphatic heterocycles. The fraction of sp³-hybridized carbons (Fsp3) is 0.222. The smallest absolute Gasteiger partial charge is 0.253 e. The Morgan fingerprint density at radius 3 is 2.67 bits per heavy atom. The summed E-state index contributed by atoms with van der Waals surface area (Å²) in [6.07, 6.45) is 0.800. The molecule has 3 rings (SSSR count). The largest absolute Gasteiger partial charge is 0.539 e. The number of nitrogens with zero attached hydrogens (tertiary/aromatic N) is 2. The Bertz CT molecular complexity index is 787. The van der Waals surface area contributed by atoms with Gasteiger partial charge in [-0.15, -0.1) is 0 Å². The second-order valence-electron chi connectivity index (χ2n) is 5.29. The molecule has 6 nitrogen and oxygen atoms in total. The van der Waals surface area contributed by atoms with Crippen molar-refractivity contribution in [3.63, 3.8) is 0 Å². The van der Waals surface area contributed by atoms with Crippen molar-refractivity contribution in [1.29, 1.82) is 0 Å². The Labute approximate surface area is 140 Å². The molecule has 124 valence electrons. The molecule has 0 fully saturated rings. The Kier molecular flexibility index (Phi) is 5.08. The predicted molar refractivity (Wildman–Crippen MR) is 85.9 cm³/mol. The molecule has 0 bridgehead atoms. The van der Waals surface area contributed by atoms with E-state index < -0.39 is 5.95 Å². The van der Waals surface area contributed by atoms with Crippen molar-refractivity contribution in [2.45, 2.75) is 13.0 Å². The van der Waals surface area contributed by atoms with Crippen LogP contribution < -0.4 is 19.8 Å². The lowest BCUT2D eigenvalue weighted by atomic mass is 10.1. The van der Waals surface area contributed by atoms with Crippen molar-refractivity contribution in [3.8, 4) is 17.4 Å². The van der Waals surface area contributed by atoms with Gasteiger partial charge in [-0.2, -0.15) is 0 Å². The highest BCUT2D eigenvalue weighted by Gasteiger charge is 2.19. The van der Waals surface area contributed by atoms with Gasteiger partial charge in [0.2, 0.25) is 5.69 Å². The van der Waals surface area contributed by atoms with Crippen LogP contribution in [0.3, 0.4) is 0 Å². The maximum Gasteiger partial charge on any atom is 0.253 e. The molecule has 0 unspecified atom stereocenters. The molecular weight excluding hydrogens is 306 g/mol. The van der Waals surface area contributed by atoms with Crippen molar-refractivity contribution >= 4 is 0 Å². The van der Waals surface area contributed by atoms with Gasteiger partial charge in [0.05, 0.1) is 18.9 Å². The van der Waals surface area contributed by atoms with Crippen molar-refractivity contribution < 1.29 is 19.0 Å². The predicted octanol–water partition coefficient (Wildman–Crippen LogP) is 1.37. The summed E-state index contributed by atoms with van der Waals surface area (Å²) in [4.78, 5) is 0. The Balaban J connectivity index is 1.62. The Morgan fingerprint density at radius 1 is 1.12 bits per heavy atom. The van der Waals surface area contributed by atoms with E-state index in [9.17, 15) is 5.11 Å². The van der Waals surface area contributed by atoms with Gasteiger partial charge in [0.15, 0.2) is 5.95 Å². The highest BCUT2D eigenvalue weighted by molar-refractivity contribution is 5.33. The molecule has 3 aromatic rings. The number of ether oxygens (including phenoxy) is 1. The van der Waals surface area contributed by atoms with Crippen molar-refractivity contribution in [3.05, 3.63) is 65.9 Å². The minimum atomic E-state index is -0.427. The zero-order valence-corrected chi connectivity index (χ0v) is 13.4. The zero-order chi connectivity index (χ0) is 16.8. The van der Waals surface area contributed by atoms with E-state index in [0.717, 1.165) is 23.4 Å². The summed E-state index contributed by atoms with van der Waals surface area (Å²) in [5.74, 6) is 0.441. The maximum absolute atomic E-state index is 11.9. The molecule has 0 radical (unpaired) electrons. The van der Waals surface area contributed by atoms with E-state index in [1.807, 2.05) is 54.6 Å². The lowest BCUT2D eigenvalue weighted by Crippen LogP contribution is -2.39. The number of rotatable bonds is 7. The van der Waals surface area contributed by atoms with E-state index >= 15 is 0 Å². The minimum absolute atomic E-state index is 0.381. The molecule has 2 aromatic carbocycles. The summed E-state index contributed by atoms with van der Waals surface area (Å²) in [7, 11) is 1.66. The standard InChI is InChI=1S/C18H19N3O3/c1-23-17-10-6-5-7-14(17)11-12-19-13-16-18(22)24-20-21(16)15-8-3-2-4-9-15/h2-10,19H,11-13H2,1H3. The monoisotopic (exact) mass is 325 g/mol. The fourth-order valence-corrected chi connectivity index (χ4v) is 2.52. The van der Waals surface area contributed by atoms with E-state index in [0.29, 0.717) is 18.8 Å². The molecule has 0 amide bonds. The van der Waals surface area contributed by atoms with E-state index in [1.54, 1.807) is 7.11 Å². The van der Waals surface area contributed by atoms with Crippen molar-refractivity contribution in [2.75, 3.05) is 13.7 Å².